The second-order valence-electron chi connectivity index (χ2n) is 5.58. The van der Waals surface area contributed by atoms with Crippen LogP contribution in [0.15, 0.2) is 54.9 Å². The van der Waals surface area contributed by atoms with Crippen LogP contribution in [0.3, 0.4) is 0 Å². The molecule has 3 rings (SSSR count). The second kappa shape index (κ2) is 7.65. The van der Waals surface area contributed by atoms with Crippen molar-refractivity contribution < 1.29 is 15.7 Å². The monoisotopic (exact) mass is 350 g/mol. The molecular formula is C20H19N3O3. The Kier molecular flexibility index (Phi) is 4.73. The summed E-state index contributed by atoms with van der Waals surface area (Å²) in [5.41, 5.74) is 5.86. The van der Waals surface area contributed by atoms with Gasteiger partial charge in [-0.1, -0.05) is 24.3 Å². The van der Waals surface area contributed by atoms with Crippen molar-refractivity contribution in [2.75, 3.05) is 12.6 Å². The molecule has 26 heavy (non-hydrogen) atoms. The molecule has 6 heteroatoms. The summed E-state index contributed by atoms with van der Waals surface area (Å²) in [7, 11) is 1.59. The molecule has 1 N–H and O–H groups in total. The van der Waals surface area contributed by atoms with Crippen molar-refractivity contribution in [3.05, 3.63) is 71.5 Å². The zero-order valence-electron chi connectivity index (χ0n) is 15.5. The molecule has 0 saturated carbocycles. The maximum absolute atomic E-state index is 12.4. The smallest absolute Gasteiger partial charge is 0.363 e. The number of methoxy groups -OCH3 is 1. The Bertz CT molecular complexity index is 963. The van der Waals surface area contributed by atoms with Gasteiger partial charge < -0.3 is 9.57 Å². The fourth-order valence-corrected chi connectivity index (χ4v) is 2.46. The highest BCUT2D eigenvalue weighted by Gasteiger charge is 2.13. The highest BCUT2D eigenvalue weighted by Crippen LogP contribution is 2.28. The van der Waals surface area contributed by atoms with Gasteiger partial charge in [-0.2, -0.15) is 5.48 Å². The van der Waals surface area contributed by atoms with E-state index in [0.717, 1.165) is 11.1 Å². The van der Waals surface area contributed by atoms with Gasteiger partial charge in [-0.25, -0.2) is 14.8 Å². The Morgan fingerprint density at radius 3 is 2.81 bits per heavy atom. The molecule has 0 fully saturated rings. The topological polar surface area (TPSA) is 73.3 Å². The number of aryl methyl sites for hydroxylation is 1. The van der Waals surface area contributed by atoms with Crippen LogP contribution in [-0.2, 0) is 4.84 Å². The van der Waals surface area contributed by atoms with Crippen LogP contribution in [0, 0.1) is 13.8 Å². The van der Waals surface area contributed by atoms with Gasteiger partial charge in [-0.3, -0.25) is 0 Å². The first-order valence-electron chi connectivity index (χ1n) is 8.65. The van der Waals surface area contributed by atoms with Crippen molar-refractivity contribution in [2.45, 2.75) is 13.8 Å². The van der Waals surface area contributed by atoms with Crippen LogP contribution in [-0.4, -0.2) is 23.0 Å². The van der Waals surface area contributed by atoms with E-state index in [0.29, 0.717) is 28.4 Å². The minimum atomic E-state index is -0.571. The van der Waals surface area contributed by atoms with Gasteiger partial charge in [0.2, 0.25) is 0 Å². The van der Waals surface area contributed by atoms with E-state index in [2.05, 4.69) is 15.4 Å². The molecule has 0 radical (unpaired) electrons. The quantitative estimate of drug-likeness (QED) is 0.702. The summed E-state index contributed by atoms with van der Waals surface area (Å²) in [5.74, 6) is 0.441. The van der Waals surface area contributed by atoms with Gasteiger partial charge in [0.1, 0.15) is 12.1 Å². The van der Waals surface area contributed by atoms with Crippen LogP contribution in [0.2, 0.25) is 0 Å². The van der Waals surface area contributed by atoms with Crippen LogP contribution < -0.4 is 10.2 Å². The van der Waals surface area contributed by atoms with Crippen molar-refractivity contribution in [3.63, 3.8) is 0 Å². The van der Waals surface area contributed by atoms with Gasteiger partial charge in [-0.15, -0.1) is 0 Å². The predicted octanol–water partition coefficient (Wildman–Crippen LogP) is 3.95. The lowest BCUT2D eigenvalue weighted by Gasteiger charge is -2.11. The summed E-state index contributed by atoms with van der Waals surface area (Å²) in [4.78, 5) is 25.9. The third-order valence-electron chi connectivity index (χ3n) is 3.93. The van der Waals surface area contributed by atoms with E-state index in [1.807, 2.05) is 37.3 Å². The highest BCUT2D eigenvalue weighted by molar-refractivity contribution is 5.91. The zero-order chi connectivity index (χ0) is 19.2. The van der Waals surface area contributed by atoms with Gasteiger partial charge in [0.25, 0.3) is 0 Å². The molecule has 132 valence electrons. The van der Waals surface area contributed by atoms with Gasteiger partial charge in [0.05, 0.1) is 18.4 Å². The molecule has 6 nitrogen and oxygen atoms in total. The maximum Gasteiger partial charge on any atom is 0.363 e. The Labute approximate surface area is 153 Å². The number of rotatable bonds is 5. The van der Waals surface area contributed by atoms with Crippen molar-refractivity contribution in [1.82, 2.24) is 9.97 Å². The molecule has 0 saturated heterocycles. The van der Waals surface area contributed by atoms with Crippen LogP contribution in [0.1, 0.15) is 22.9 Å². The minimum Gasteiger partial charge on any atom is -0.496 e. The Hall–Kier alpha value is -3.41. The van der Waals surface area contributed by atoms with Crippen molar-refractivity contribution in [3.8, 4) is 17.0 Å². The summed E-state index contributed by atoms with van der Waals surface area (Å²) in [6.07, 6.45) is 1.37. The zero-order valence-corrected chi connectivity index (χ0v) is 14.5. The lowest BCUT2D eigenvalue weighted by atomic mass is 10.0. The number of carbonyl (C=O) groups is 1. The average Bonchev–Trinajstić information content (AvgIpc) is 2.72. The first-order valence-corrected chi connectivity index (χ1v) is 7.94. The van der Waals surface area contributed by atoms with E-state index in [-0.39, 0.29) is 6.90 Å². The van der Waals surface area contributed by atoms with Crippen LogP contribution in [0.5, 0.6) is 5.75 Å². The number of ether oxygens (including phenoxy) is 1. The predicted molar refractivity (Wildman–Crippen MR) is 99.0 cm³/mol. The molecule has 0 bridgehead atoms. The number of carbonyl (C=O) groups excluding carboxylic acids is 1. The fraction of sp³-hybridized carbons (Fsp3) is 0.150. The summed E-state index contributed by atoms with van der Waals surface area (Å²) < 4.78 is 13.0. The highest BCUT2D eigenvalue weighted by atomic mass is 16.7. The first kappa shape index (κ1) is 16.1. The number of hydrogen-bond acceptors (Lipinski definition) is 6. The maximum atomic E-state index is 12.4. The average molecular weight is 350 g/mol. The van der Waals surface area contributed by atoms with E-state index in [1.54, 1.807) is 25.3 Å². The Balaban J connectivity index is 1.78. The molecule has 0 aliphatic heterocycles. The molecule has 0 atom stereocenters. The van der Waals surface area contributed by atoms with Gasteiger partial charge in [0.15, 0.2) is 5.82 Å². The molecule has 0 spiro atoms. The standard InChI is InChI=1S/C20H19N3O3/c1-13-7-6-9-15(14(13)2)20(24)26-23-19-11-17(21-12-22-19)16-8-4-5-10-18(16)25-3/h4-12H,1-3H3,(H,21,22,23)/i2D. The third kappa shape index (κ3) is 3.64. The van der Waals surface area contributed by atoms with Crippen LogP contribution in [0.4, 0.5) is 5.82 Å². The lowest BCUT2D eigenvalue weighted by Crippen LogP contribution is -2.13. The summed E-state index contributed by atoms with van der Waals surface area (Å²) in [5, 5.41) is 0. The molecule has 3 aromatic rings. The summed E-state index contributed by atoms with van der Waals surface area (Å²) in [6.45, 7) is 1.86. The largest absolute Gasteiger partial charge is 0.496 e. The molecule has 0 aliphatic rings. The van der Waals surface area contributed by atoms with E-state index >= 15 is 0 Å². The number of aromatic nitrogens is 2. The molecule has 2 aromatic carbocycles. The van der Waals surface area contributed by atoms with Crippen LogP contribution >= 0.6 is 0 Å². The normalized spacial score (nSPS) is 10.8. The van der Waals surface area contributed by atoms with Crippen molar-refractivity contribution >= 4 is 11.8 Å². The number of nitrogens with zero attached hydrogens (tertiary/aromatic N) is 2. The molecule has 1 heterocycles. The number of nitrogens with one attached hydrogen (secondary N) is 1. The Morgan fingerprint density at radius 1 is 1.15 bits per heavy atom. The lowest BCUT2D eigenvalue weighted by molar-refractivity contribution is 0.0594. The number of para-hydroxylation sites is 1. The molecule has 1 aromatic heterocycles. The summed E-state index contributed by atoms with van der Waals surface area (Å²) >= 11 is 0. The van der Waals surface area contributed by atoms with Crippen LogP contribution in [0.25, 0.3) is 11.3 Å². The molecule has 0 aliphatic carbocycles. The number of benzene rings is 2. The van der Waals surface area contributed by atoms with Gasteiger partial charge >= 0.3 is 5.97 Å². The van der Waals surface area contributed by atoms with E-state index < -0.39 is 5.97 Å². The molecule has 0 amide bonds. The van der Waals surface area contributed by atoms with Crippen molar-refractivity contribution in [1.29, 1.82) is 0 Å². The number of hydrogen-bond donors (Lipinski definition) is 1. The molecule has 0 unspecified atom stereocenters. The summed E-state index contributed by atoms with van der Waals surface area (Å²) in [6, 6.07) is 14.4. The fourth-order valence-electron chi connectivity index (χ4n) is 2.46. The minimum absolute atomic E-state index is 0.00254. The van der Waals surface area contributed by atoms with Crippen molar-refractivity contribution in [2.24, 2.45) is 0 Å². The van der Waals surface area contributed by atoms with E-state index in [1.165, 1.54) is 6.33 Å². The third-order valence-corrected chi connectivity index (χ3v) is 3.93. The first-order chi connectivity index (χ1) is 13.1. The second-order valence-corrected chi connectivity index (χ2v) is 5.58. The van der Waals surface area contributed by atoms with Gasteiger partial charge in [-0.05, 0) is 43.1 Å². The molecular weight excluding hydrogens is 330 g/mol. The van der Waals surface area contributed by atoms with Gasteiger partial charge in [0, 0.05) is 13.0 Å². The SMILES string of the molecule is [2H]Cc1c(C)cccc1C(=O)ONc1cc(-c2ccccc2OC)ncn1. The Morgan fingerprint density at radius 2 is 2.00 bits per heavy atom. The van der Waals surface area contributed by atoms with E-state index in [4.69, 9.17) is 10.9 Å². The van der Waals surface area contributed by atoms with E-state index in [9.17, 15) is 4.79 Å². The number of anilines is 1.